The van der Waals surface area contributed by atoms with Gasteiger partial charge in [0.15, 0.2) is 0 Å². The molecule has 1 atom stereocenters. The molecular formula is C22H19N5O6. The number of non-ortho nitro benzene ring substituents is 1. The highest BCUT2D eigenvalue weighted by atomic mass is 16.6. The molecule has 1 aliphatic rings. The van der Waals surface area contributed by atoms with E-state index in [2.05, 4.69) is 10.1 Å². The summed E-state index contributed by atoms with van der Waals surface area (Å²) < 4.78 is 1.01. The molecular weight excluding hydrogens is 430 g/mol. The highest BCUT2D eigenvalue weighted by molar-refractivity contribution is 6.04. The van der Waals surface area contributed by atoms with Gasteiger partial charge in [0.05, 0.1) is 23.2 Å². The number of nitro groups is 1. The number of aromatic amines is 1. The Hall–Kier alpha value is -4.54. The van der Waals surface area contributed by atoms with Gasteiger partial charge in [0.1, 0.15) is 5.56 Å². The molecule has 0 spiro atoms. The first-order valence-electron chi connectivity index (χ1n) is 9.98. The zero-order valence-electron chi connectivity index (χ0n) is 17.5. The van der Waals surface area contributed by atoms with Gasteiger partial charge in [-0.1, -0.05) is 42.5 Å². The first-order chi connectivity index (χ1) is 15.8. The Morgan fingerprint density at radius 2 is 1.94 bits per heavy atom. The summed E-state index contributed by atoms with van der Waals surface area (Å²) in [6.07, 6.45) is 0.0148. The number of amides is 1. The molecule has 0 saturated carbocycles. The lowest BCUT2D eigenvalue weighted by molar-refractivity contribution is -0.384. The first-order valence-corrected chi connectivity index (χ1v) is 9.98. The summed E-state index contributed by atoms with van der Waals surface area (Å²) in [7, 11) is 0. The summed E-state index contributed by atoms with van der Waals surface area (Å²) in [6.45, 7) is 1.28. The number of carbonyl (C=O) groups excluding carboxylic acids is 1. The Bertz CT molecular complexity index is 1390. The van der Waals surface area contributed by atoms with E-state index >= 15 is 0 Å². The SMILES string of the molecule is CC(=O)N1N=C(c2c(O)n(Cc3ccccc3)c(=O)[nH]c2=O)C[C@H]1c1cccc([N+](=O)[O-])c1. The second-order valence-corrected chi connectivity index (χ2v) is 7.51. The van der Waals surface area contributed by atoms with E-state index in [-0.39, 0.29) is 29.9 Å². The smallest absolute Gasteiger partial charge is 0.331 e. The van der Waals surface area contributed by atoms with E-state index in [1.165, 1.54) is 25.1 Å². The van der Waals surface area contributed by atoms with Crippen molar-refractivity contribution in [3.05, 3.63) is 102 Å². The molecule has 1 aliphatic heterocycles. The van der Waals surface area contributed by atoms with E-state index in [0.29, 0.717) is 5.56 Å². The number of hydrogen-bond acceptors (Lipinski definition) is 7. The minimum atomic E-state index is -0.844. The zero-order valence-corrected chi connectivity index (χ0v) is 17.5. The van der Waals surface area contributed by atoms with Gasteiger partial charge >= 0.3 is 5.69 Å². The van der Waals surface area contributed by atoms with E-state index in [4.69, 9.17) is 0 Å². The Kier molecular flexibility index (Phi) is 5.61. The molecule has 0 aliphatic carbocycles. The molecule has 0 bridgehead atoms. The molecule has 2 aromatic carbocycles. The molecule has 11 heteroatoms. The molecule has 3 aromatic rings. The van der Waals surface area contributed by atoms with Crippen molar-refractivity contribution in [2.24, 2.45) is 5.10 Å². The fraction of sp³-hybridized carbons (Fsp3) is 0.182. The molecule has 33 heavy (non-hydrogen) atoms. The normalized spacial score (nSPS) is 15.4. The van der Waals surface area contributed by atoms with Crippen molar-refractivity contribution in [3.8, 4) is 5.88 Å². The van der Waals surface area contributed by atoms with Crippen molar-refractivity contribution >= 4 is 17.3 Å². The number of nitrogens with one attached hydrogen (secondary N) is 1. The van der Waals surface area contributed by atoms with Crippen molar-refractivity contribution in [1.29, 1.82) is 0 Å². The van der Waals surface area contributed by atoms with Crippen molar-refractivity contribution in [2.75, 3.05) is 0 Å². The number of rotatable bonds is 5. The molecule has 0 unspecified atom stereocenters. The molecule has 0 saturated heterocycles. The minimum Gasteiger partial charge on any atom is -0.494 e. The summed E-state index contributed by atoms with van der Waals surface area (Å²) in [5.74, 6) is -1.02. The number of hydrazone groups is 1. The van der Waals surface area contributed by atoms with Gasteiger partial charge in [0.25, 0.3) is 11.2 Å². The number of H-pyrrole nitrogens is 1. The fourth-order valence-corrected chi connectivity index (χ4v) is 3.79. The lowest BCUT2D eigenvalue weighted by Crippen LogP contribution is -2.34. The summed E-state index contributed by atoms with van der Waals surface area (Å²) in [4.78, 5) is 50.0. The molecule has 4 rings (SSSR count). The van der Waals surface area contributed by atoms with E-state index in [1.807, 2.05) is 6.07 Å². The summed E-state index contributed by atoms with van der Waals surface area (Å²) in [5.41, 5.74) is -0.757. The Labute approximate surface area is 186 Å². The van der Waals surface area contributed by atoms with Crippen LogP contribution in [0, 0.1) is 10.1 Å². The molecule has 1 aromatic heterocycles. The van der Waals surface area contributed by atoms with Crippen LogP contribution < -0.4 is 11.2 Å². The largest absolute Gasteiger partial charge is 0.494 e. The van der Waals surface area contributed by atoms with Crippen molar-refractivity contribution < 1.29 is 14.8 Å². The number of benzene rings is 2. The maximum absolute atomic E-state index is 12.6. The lowest BCUT2D eigenvalue weighted by atomic mass is 9.98. The maximum Gasteiger partial charge on any atom is 0.331 e. The second kappa shape index (κ2) is 8.54. The molecule has 2 heterocycles. The van der Waals surface area contributed by atoms with E-state index in [0.717, 1.165) is 15.1 Å². The predicted octanol–water partition coefficient (Wildman–Crippen LogP) is 1.90. The summed E-state index contributed by atoms with van der Waals surface area (Å²) >= 11 is 0. The first kappa shape index (κ1) is 21.7. The van der Waals surface area contributed by atoms with E-state index in [1.54, 1.807) is 30.3 Å². The van der Waals surface area contributed by atoms with Crippen LogP contribution in [0.25, 0.3) is 0 Å². The maximum atomic E-state index is 12.6. The summed E-state index contributed by atoms with van der Waals surface area (Å²) in [6, 6.07) is 13.9. The van der Waals surface area contributed by atoms with Gasteiger partial charge in [-0.25, -0.2) is 9.80 Å². The Morgan fingerprint density at radius 3 is 2.61 bits per heavy atom. The topological polar surface area (TPSA) is 151 Å². The van der Waals surface area contributed by atoms with Crippen LogP contribution in [0.15, 0.2) is 69.3 Å². The highest BCUT2D eigenvalue weighted by Crippen LogP contribution is 2.34. The average molecular weight is 449 g/mol. The number of nitro benzene ring substituents is 1. The third-order valence-electron chi connectivity index (χ3n) is 5.34. The zero-order chi connectivity index (χ0) is 23.7. The molecule has 0 radical (unpaired) electrons. The Morgan fingerprint density at radius 1 is 1.21 bits per heavy atom. The van der Waals surface area contributed by atoms with Crippen LogP contribution in [-0.2, 0) is 11.3 Å². The van der Waals surface area contributed by atoms with Crippen molar-refractivity contribution in [2.45, 2.75) is 25.9 Å². The molecule has 1 amide bonds. The monoisotopic (exact) mass is 449 g/mol. The van der Waals surface area contributed by atoms with Crippen molar-refractivity contribution in [3.63, 3.8) is 0 Å². The second-order valence-electron chi connectivity index (χ2n) is 7.51. The lowest BCUT2D eigenvalue weighted by Gasteiger charge is -2.20. The van der Waals surface area contributed by atoms with E-state index < -0.39 is 34.0 Å². The van der Waals surface area contributed by atoms with Gasteiger partial charge in [-0.3, -0.25) is 29.3 Å². The third-order valence-corrected chi connectivity index (χ3v) is 5.34. The fourth-order valence-electron chi connectivity index (χ4n) is 3.79. The number of aromatic hydroxyl groups is 1. The number of nitrogens with zero attached hydrogens (tertiary/aromatic N) is 4. The third kappa shape index (κ3) is 4.15. The quantitative estimate of drug-likeness (QED) is 0.448. The van der Waals surface area contributed by atoms with Crippen LogP contribution in [0.3, 0.4) is 0 Å². The molecule has 168 valence electrons. The van der Waals surface area contributed by atoms with Gasteiger partial charge in [-0.2, -0.15) is 5.10 Å². The molecule has 2 N–H and O–H groups in total. The number of hydrogen-bond donors (Lipinski definition) is 2. The minimum absolute atomic E-state index is 0.00724. The summed E-state index contributed by atoms with van der Waals surface area (Å²) in [5, 5.41) is 27.3. The van der Waals surface area contributed by atoms with Gasteiger partial charge < -0.3 is 5.11 Å². The van der Waals surface area contributed by atoms with Gasteiger partial charge in [0.2, 0.25) is 11.8 Å². The number of carbonyl (C=O) groups is 1. The standard InChI is InChI=1S/C22H19N5O6/c1-13(28)26-18(15-8-5-9-16(10-15)27(32)33)11-17(24-26)19-20(29)23-22(31)25(21(19)30)12-14-6-3-2-4-7-14/h2-10,18,30H,11-12H2,1H3,(H,23,29,31)/t18-/m0/s1. The van der Waals surface area contributed by atoms with Crippen molar-refractivity contribution in [1.82, 2.24) is 14.6 Å². The van der Waals surface area contributed by atoms with Crippen LogP contribution in [0.5, 0.6) is 5.88 Å². The van der Waals surface area contributed by atoms with Crippen LogP contribution >= 0.6 is 0 Å². The van der Waals surface area contributed by atoms with Gasteiger partial charge in [-0.15, -0.1) is 0 Å². The Balaban J connectivity index is 1.77. The van der Waals surface area contributed by atoms with Crippen LogP contribution in [0.2, 0.25) is 0 Å². The molecule has 0 fully saturated rings. The van der Waals surface area contributed by atoms with Crippen LogP contribution in [-0.4, -0.2) is 36.2 Å². The van der Waals surface area contributed by atoms with Gasteiger partial charge in [0, 0.05) is 25.5 Å². The molecule has 11 nitrogen and oxygen atoms in total. The van der Waals surface area contributed by atoms with E-state index in [9.17, 15) is 29.6 Å². The average Bonchev–Trinajstić information content (AvgIpc) is 3.22. The van der Waals surface area contributed by atoms with Crippen LogP contribution in [0.4, 0.5) is 5.69 Å². The van der Waals surface area contributed by atoms with Gasteiger partial charge in [-0.05, 0) is 11.1 Å². The highest BCUT2D eigenvalue weighted by Gasteiger charge is 2.35. The number of aromatic nitrogens is 2. The predicted molar refractivity (Wildman–Crippen MR) is 118 cm³/mol. The van der Waals surface area contributed by atoms with Crippen LogP contribution in [0.1, 0.15) is 36.1 Å².